The highest BCUT2D eigenvalue weighted by Gasteiger charge is 2.18. The molecule has 0 aliphatic rings. The highest BCUT2D eigenvalue weighted by molar-refractivity contribution is 7.89. The van der Waals surface area contributed by atoms with Crippen molar-refractivity contribution in [2.24, 2.45) is 5.73 Å². The number of rotatable bonds is 5. The van der Waals surface area contributed by atoms with Gasteiger partial charge in [0, 0.05) is 11.6 Å². The largest absolute Gasteiger partial charge is 0.330 e. The Morgan fingerprint density at radius 2 is 2.12 bits per heavy atom. The van der Waals surface area contributed by atoms with Gasteiger partial charge in [-0.3, -0.25) is 0 Å². The summed E-state index contributed by atoms with van der Waals surface area (Å²) >= 11 is 5.52. The molecule has 0 aliphatic carbocycles. The molecule has 0 aromatic heterocycles. The molecule has 0 radical (unpaired) electrons. The van der Waals surface area contributed by atoms with E-state index in [-0.39, 0.29) is 11.6 Å². The number of benzene rings is 1. The Bertz CT molecular complexity index is 465. The summed E-state index contributed by atoms with van der Waals surface area (Å²) < 4.78 is 38.8. The van der Waals surface area contributed by atoms with Crippen LogP contribution in [-0.4, -0.2) is 21.5 Å². The molecule has 1 aromatic rings. The van der Waals surface area contributed by atoms with Crippen molar-refractivity contribution in [3.8, 4) is 0 Å². The second-order valence-electron chi connectivity index (χ2n) is 3.11. The predicted octanol–water partition coefficient (Wildman–Crippen LogP) is 1.11. The zero-order valence-electron chi connectivity index (χ0n) is 8.41. The minimum atomic E-state index is -3.82. The summed E-state index contributed by atoms with van der Waals surface area (Å²) in [5.41, 5.74) is 5.22. The van der Waals surface area contributed by atoms with Crippen molar-refractivity contribution >= 4 is 21.6 Å². The summed E-state index contributed by atoms with van der Waals surface area (Å²) in [4.78, 5) is -0.408. The van der Waals surface area contributed by atoms with Crippen molar-refractivity contribution in [1.29, 1.82) is 0 Å². The Balaban J connectivity index is 2.90. The first-order chi connectivity index (χ1) is 7.47. The number of halogens is 2. The zero-order valence-corrected chi connectivity index (χ0v) is 9.98. The topological polar surface area (TPSA) is 72.2 Å². The molecule has 0 saturated heterocycles. The van der Waals surface area contributed by atoms with E-state index in [1.807, 2.05) is 0 Å². The van der Waals surface area contributed by atoms with Crippen molar-refractivity contribution in [2.75, 3.05) is 13.1 Å². The molecule has 0 atom stereocenters. The maximum absolute atomic E-state index is 13.3. The summed E-state index contributed by atoms with van der Waals surface area (Å²) in [6.45, 7) is 0.548. The van der Waals surface area contributed by atoms with Crippen molar-refractivity contribution in [2.45, 2.75) is 11.3 Å². The van der Waals surface area contributed by atoms with Crippen LogP contribution in [-0.2, 0) is 10.0 Å². The van der Waals surface area contributed by atoms with E-state index >= 15 is 0 Å². The van der Waals surface area contributed by atoms with Gasteiger partial charge in [-0.15, -0.1) is 0 Å². The minimum absolute atomic E-state index is 0.151. The normalized spacial score (nSPS) is 11.7. The molecule has 0 aliphatic heterocycles. The summed E-state index contributed by atoms with van der Waals surface area (Å²) in [5, 5.41) is 0.151. The van der Waals surface area contributed by atoms with Gasteiger partial charge in [0.15, 0.2) is 0 Å². The maximum atomic E-state index is 13.3. The van der Waals surface area contributed by atoms with Crippen LogP contribution in [0.3, 0.4) is 0 Å². The highest BCUT2D eigenvalue weighted by atomic mass is 35.5. The minimum Gasteiger partial charge on any atom is -0.330 e. The van der Waals surface area contributed by atoms with Gasteiger partial charge < -0.3 is 5.73 Å². The first-order valence-corrected chi connectivity index (χ1v) is 6.48. The fraction of sp³-hybridized carbons (Fsp3) is 0.333. The van der Waals surface area contributed by atoms with Crippen LogP contribution in [0.5, 0.6) is 0 Å². The Labute approximate surface area is 98.6 Å². The van der Waals surface area contributed by atoms with E-state index in [0.717, 1.165) is 12.1 Å². The van der Waals surface area contributed by atoms with Crippen LogP contribution in [0.25, 0.3) is 0 Å². The third-order valence-corrected chi connectivity index (χ3v) is 3.59. The second-order valence-corrected chi connectivity index (χ2v) is 5.29. The molecule has 4 nitrogen and oxygen atoms in total. The molecule has 1 rings (SSSR count). The average Bonchev–Trinajstić information content (AvgIpc) is 2.17. The summed E-state index contributed by atoms with van der Waals surface area (Å²) in [7, 11) is -3.82. The zero-order chi connectivity index (χ0) is 12.2. The maximum Gasteiger partial charge on any atom is 0.243 e. The molecule has 0 bridgehead atoms. The van der Waals surface area contributed by atoms with Crippen molar-refractivity contribution in [1.82, 2.24) is 4.72 Å². The molecule has 3 N–H and O–H groups in total. The van der Waals surface area contributed by atoms with Gasteiger partial charge in [0.1, 0.15) is 10.7 Å². The molecule has 0 fully saturated rings. The van der Waals surface area contributed by atoms with Gasteiger partial charge in [0.25, 0.3) is 0 Å². The van der Waals surface area contributed by atoms with Crippen molar-refractivity contribution in [3.63, 3.8) is 0 Å². The van der Waals surface area contributed by atoms with Crippen LogP contribution in [0, 0.1) is 5.82 Å². The lowest BCUT2D eigenvalue weighted by Crippen LogP contribution is -2.27. The number of nitrogens with one attached hydrogen (secondary N) is 1. The highest BCUT2D eigenvalue weighted by Crippen LogP contribution is 2.18. The quantitative estimate of drug-likeness (QED) is 0.784. The molecule has 0 unspecified atom stereocenters. The Kier molecular flexibility index (Phi) is 4.67. The summed E-state index contributed by atoms with van der Waals surface area (Å²) in [6, 6.07) is 3.41. The van der Waals surface area contributed by atoms with Gasteiger partial charge in [-0.25, -0.2) is 17.5 Å². The van der Waals surface area contributed by atoms with E-state index < -0.39 is 20.7 Å². The lowest BCUT2D eigenvalue weighted by Gasteiger charge is -2.07. The first kappa shape index (κ1) is 13.4. The fourth-order valence-electron chi connectivity index (χ4n) is 1.08. The van der Waals surface area contributed by atoms with E-state index in [2.05, 4.69) is 4.72 Å². The van der Waals surface area contributed by atoms with E-state index in [4.69, 9.17) is 17.3 Å². The molecule has 0 saturated carbocycles. The van der Waals surface area contributed by atoms with Crippen LogP contribution in [0.2, 0.25) is 5.02 Å². The number of hydrogen-bond acceptors (Lipinski definition) is 3. The van der Waals surface area contributed by atoms with Crippen LogP contribution < -0.4 is 10.5 Å². The third kappa shape index (κ3) is 3.41. The second kappa shape index (κ2) is 5.58. The monoisotopic (exact) mass is 266 g/mol. The van der Waals surface area contributed by atoms with Gasteiger partial charge in [-0.2, -0.15) is 0 Å². The third-order valence-electron chi connectivity index (χ3n) is 1.86. The summed E-state index contributed by atoms with van der Waals surface area (Å²) in [5.74, 6) is -0.868. The lowest BCUT2D eigenvalue weighted by molar-refractivity contribution is 0.556. The van der Waals surface area contributed by atoms with E-state index in [0.29, 0.717) is 13.0 Å². The van der Waals surface area contributed by atoms with Crippen molar-refractivity contribution in [3.05, 3.63) is 29.0 Å². The van der Waals surface area contributed by atoms with Crippen LogP contribution in [0.1, 0.15) is 6.42 Å². The molecule has 7 heteroatoms. The number of hydrogen-bond donors (Lipinski definition) is 2. The molecule has 0 heterocycles. The van der Waals surface area contributed by atoms with Gasteiger partial charge in [0.05, 0.1) is 0 Å². The molecule has 90 valence electrons. The molecular formula is C9H12ClFN2O2S. The first-order valence-electron chi connectivity index (χ1n) is 4.62. The molecular weight excluding hydrogens is 255 g/mol. The van der Waals surface area contributed by atoms with Crippen molar-refractivity contribution < 1.29 is 12.8 Å². The number of sulfonamides is 1. The van der Waals surface area contributed by atoms with Crippen LogP contribution in [0.4, 0.5) is 4.39 Å². The lowest BCUT2D eigenvalue weighted by atomic mass is 10.3. The van der Waals surface area contributed by atoms with Gasteiger partial charge >= 0.3 is 0 Å². The molecule has 0 amide bonds. The van der Waals surface area contributed by atoms with Gasteiger partial charge in [-0.05, 0) is 31.2 Å². The standard InChI is InChI=1S/C9H12ClFN2O2S/c10-7-2-3-9(8(11)6-7)16(14,15)13-5-1-4-12/h2-3,6,13H,1,4-5,12H2. The fourth-order valence-corrected chi connectivity index (χ4v) is 2.37. The van der Waals surface area contributed by atoms with Gasteiger partial charge in [-0.1, -0.05) is 11.6 Å². The van der Waals surface area contributed by atoms with E-state index in [1.54, 1.807) is 0 Å². The average molecular weight is 267 g/mol. The van der Waals surface area contributed by atoms with Crippen LogP contribution >= 0.6 is 11.6 Å². The number of nitrogens with two attached hydrogens (primary N) is 1. The molecule has 1 aromatic carbocycles. The molecule has 0 spiro atoms. The van der Waals surface area contributed by atoms with Gasteiger partial charge in [0.2, 0.25) is 10.0 Å². The predicted molar refractivity (Wildman–Crippen MR) is 60.3 cm³/mol. The Morgan fingerprint density at radius 1 is 1.44 bits per heavy atom. The van der Waals surface area contributed by atoms with E-state index in [1.165, 1.54) is 6.07 Å². The Hall–Kier alpha value is -0.690. The Morgan fingerprint density at radius 3 is 2.69 bits per heavy atom. The molecule has 16 heavy (non-hydrogen) atoms. The summed E-state index contributed by atoms with van der Waals surface area (Å²) in [6.07, 6.45) is 0.494. The van der Waals surface area contributed by atoms with E-state index in [9.17, 15) is 12.8 Å². The smallest absolute Gasteiger partial charge is 0.243 e. The van der Waals surface area contributed by atoms with Crippen LogP contribution in [0.15, 0.2) is 23.1 Å². The SMILES string of the molecule is NCCCNS(=O)(=O)c1ccc(Cl)cc1F.